The zero-order chi connectivity index (χ0) is 20.0. The molecule has 0 aliphatic heterocycles. The Morgan fingerprint density at radius 1 is 0.345 bits per heavy atom. The van der Waals surface area contributed by atoms with Crippen molar-refractivity contribution >= 4 is 0 Å². The molecule has 0 radical (unpaired) electrons. The molecule has 0 heterocycles. The van der Waals surface area contributed by atoms with E-state index in [1.807, 2.05) is 36.4 Å². The van der Waals surface area contributed by atoms with Crippen molar-refractivity contribution in [2.24, 2.45) is 0 Å². The molecule has 0 aliphatic carbocycles. The van der Waals surface area contributed by atoms with Crippen LogP contribution in [0.4, 0.5) is 0 Å². The van der Waals surface area contributed by atoms with Crippen molar-refractivity contribution < 1.29 is 4.74 Å². The van der Waals surface area contributed by atoms with Crippen molar-refractivity contribution in [3.63, 3.8) is 0 Å². The number of hydrogen-bond acceptors (Lipinski definition) is 1. The summed E-state index contributed by atoms with van der Waals surface area (Å²) in [5, 5.41) is 0. The van der Waals surface area contributed by atoms with Gasteiger partial charge in [0.15, 0.2) is 0 Å². The minimum atomic E-state index is 0.676. The van der Waals surface area contributed by atoms with E-state index >= 15 is 0 Å². The van der Waals surface area contributed by atoms with Crippen LogP contribution in [0.1, 0.15) is 22.3 Å². The van der Waals surface area contributed by atoms with Gasteiger partial charge in [-0.2, -0.15) is 0 Å². The molecule has 0 amide bonds. The average Bonchev–Trinajstić information content (AvgIpc) is 2.81. The lowest BCUT2D eigenvalue weighted by Crippen LogP contribution is -1.93. The van der Waals surface area contributed by atoms with Crippen molar-refractivity contribution in [1.82, 2.24) is 0 Å². The molecule has 0 fully saturated rings. The molecule has 146 valence electrons. The Kier molecular flexibility index (Phi) is 8.75. The topological polar surface area (TPSA) is 9.23 Å². The van der Waals surface area contributed by atoms with Crippen molar-refractivity contribution in [2.45, 2.75) is 26.1 Å². The minimum absolute atomic E-state index is 0.676. The second-order valence-corrected chi connectivity index (χ2v) is 6.94. The first-order valence-corrected chi connectivity index (χ1v) is 10.1. The standard InChI is InChI=1S/C14H14O.C14H14/c1-3-7-13(8-4-1)11-15-12-14-9-5-2-6-10-14;1-3-7-13(8-4-1)11-12-14-9-5-2-6-10-14/h1-10H,11-12H2;1-10H,11-12H2. The summed E-state index contributed by atoms with van der Waals surface area (Å²) in [6, 6.07) is 41.7. The predicted molar refractivity (Wildman–Crippen MR) is 122 cm³/mol. The molecule has 4 aromatic rings. The van der Waals surface area contributed by atoms with E-state index in [-0.39, 0.29) is 0 Å². The van der Waals surface area contributed by atoms with Crippen molar-refractivity contribution in [2.75, 3.05) is 0 Å². The van der Waals surface area contributed by atoms with Gasteiger partial charge in [-0.05, 0) is 35.1 Å². The van der Waals surface area contributed by atoms with Crippen molar-refractivity contribution in [3.8, 4) is 0 Å². The molecule has 0 N–H and O–H groups in total. The Morgan fingerprint density at radius 3 is 0.931 bits per heavy atom. The molecule has 0 spiro atoms. The van der Waals surface area contributed by atoms with E-state index < -0.39 is 0 Å². The van der Waals surface area contributed by atoms with E-state index in [2.05, 4.69) is 84.9 Å². The first-order chi connectivity index (χ1) is 14.4. The SMILES string of the molecule is c1ccc(CCc2ccccc2)cc1.c1ccc(COCc2ccccc2)cc1. The Bertz CT molecular complexity index is 824. The Morgan fingerprint density at radius 2 is 0.621 bits per heavy atom. The molecule has 0 aromatic heterocycles. The molecule has 1 nitrogen and oxygen atoms in total. The second kappa shape index (κ2) is 12.3. The van der Waals surface area contributed by atoms with Crippen LogP contribution in [0.25, 0.3) is 0 Å². The van der Waals surface area contributed by atoms with Gasteiger partial charge in [-0.3, -0.25) is 0 Å². The van der Waals surface area contributed by atoms with E-state index in [9.17, 15) is 0 Å². The van der Waals surface area contributed by atoms with Crippen LogP contribution in [0.2, 0.25) is 0 Å². The third-order valence-electron chi connectivity index (χ3n) is 4.61. The third kappa shape index (κ3) is 8.16. The highest BCUT2D eigenvalue weighted by atomic mass is 16.5. The van der Waals surface area contributed by atoms with E-state index in [1.165, 1.54) is 22.3 Å². The Hall–Kier alpha value is -3.16. The summed E-state index contributed by atoms with van der Waals surface area (Å²) in [4.78, 5) is 0. The fourth-order valence-electron chi connectivity index (χ4n) is 3.01. The quantitative estimate of drug-likeness (QED) is 0.340. The molecule has 29 heavy (non-hydrogen) atoms. The van der Waals surface area contributed by atoms with Gasteiger partial charge in [0, 0.05) is 0 Å². The van der Waals surface area contributed by atoms with Crippen LogP contribution in [0.15, 0.2) is 121 Å². The minimum Gasteiger partial charge on any atom is -0.372 e. The summed E-state index contributed by atoms with van der Waals surface area (Å²) in [7, 11) is 0. The molecule has 4 rings (SSSR count). The van der Waals surface area contributed by atoms with Crippen LogP contribution in [0, 0.1) is 0 Å². The van der Waals surface area contributed by atoms with Crippen LogP contribution >= 0.6 is 0 Å². The average molecular weight is 381 g/mol. The fraction of sp³-hybridized carbons (Fsp3) is 0.143. The molecule has 0 bridgehead atoms. The molecule has 0 saturated carbocycles. The van der Waals surface area contributed by atoms with Crippen molar-refractivity contribution in [3.05, 3.63) is 144 Å². The molecular formula is C28H28O. The van der Waals surface area contributed by atoms with Gasteiger partial charge in [0.05, 0.1) is 13.2 Å². The zero-order valence-corrected chi connectivity index (χ0v) is 16.8. The number of hydrogen-bond donors (Lipinski definition) is 0. The number of ether oxygens (including phenoxy) is 1. The van der Waals surface area contributed by atoms with Gasteiger partial charge in [-0.15, -0.1) is 0 Å². The predicted octanol–water partition coefficient (Wildman–Crippen LogP) is 6.88. The molecule has 4 aromatic carbocycles. The van der Waals surface area contributed by atoms with Crippen LogP contribution in [-0.4, -0.2) is 0 Å². The van der Waals surface area contributed by atoms with E-state index in [1.54, 1.807) is 0 Å². The zero-order valence-electron chi connectivity index (χ0n) is 16.8. The van der Waals surface area contributed by atoms with Crippen LogP contribution in [0.5, 0.6) is 0 Å². The van der Waals surface area contributed by atoms with E-state index in [0.29, 0.717) is 13.2 Å². The lowest BCUT2D eigenvalue weighted by Gasteiger charge is -2.03. The molecular weight excluding hydrogens is 352 g/mol. The van der Waals surface area contributed by atoms with Crippen LogP contribution < -0.4 is 0 Å². The largest absolute Gasteiger partial charge is 0.372 e. The summed E-state index contributed by atoms with van der Waals surface area (Å²) in [5.41, 5.74) is 5.26. The van der Waals surface area contributed by atoms with Gasteiger partial charge in [0.1, 0.15) is 0 Å². The summed E-state index contributed by atoms with van der Waals surface area (Å²) in [5.74, 6) is 0. The number of rotatable bonds is 7. The maximum Gasteiger partial charge on any atom is 0.0721 e. The highest BCUT2D eigenvalue weighted by molar-refractivity contribution is 5.20. The second-order valence-electron chi connectivity index (χ2n) is 6.94. The lowest BCUT2D eigenvalue weighted by molar-refractivity contribution is 0.107. The van der Waals surface area contributed by atoms with Gasteiger partial charge < -0.3 is 4.74 Å². The van der Waals surface area contributed by atoms with E-state index in [4.69, 9.17) is 4.74 Å². The summed E-state index contributed by atoms with van der Waals surface area (Å²) in [6.45, 7) is 1.35. The molecule has 0 saturated heterocycles. The first-order valence-electron chi connectivity index (χ1n) is 10.1. The maximum absolute atomic E-state index is 5.61. The smallest absolute Gasteiger partial charge is 0.0721 e. The van der Waals surface area contributed by atoms with Gasteiger partial charge in [-0.25, -0.2) is 0 Å². The molecule has 0 aliphatic rings. The first kappa shape index (κ1) is 20.6. The monoisotopic (exact) mass is 380 g/mol. The van der Waals surface area contributed by atoms with Crippen LogP contribution in [0.3, 0.4) is 0 Å². The molecule has 1 heteroatoms. The maximum atomic E-state index is 5.61. The Labute approximate surface area is 174 Å². The fourth-order valence-corrected chi connectivity index (χ4v) is 3.01. The summed E-state index contributed by atoms with van der Waals surface area (Å²) >= 11 is 0. The van der Waals surface area contributed by atoms with Gasteiger partial charge >= 0.3 is 0 Å². The summed E-state index contributed by atoms with van der Waals surface area (Å²) in [6.07, 6.45) is 2.26. The van der Waals surface area contributed by atoms with Gasteiger partial charge in [0.2, 0.25) is 0 Å². The van der Waals surface area contributed by atoms with Crippen molar-refractivity contribution in [1.29, 1.82) is 0 Å². The number of aryl methyl sites for hydroxylation is 2. The highest BCUT2D eigenvalue weighted by Crippen LogP contribution is 2.07. The highest BCUT2D eigenvalue weighted by Gasteiger charge is 1.94. The molecule has 0 atom stereocenters. The van der Waals surface area contributed by atoms with Gasteiger partial charge in [0.25, 0.3) is 0 Å². The normalized spacial score (nSPS) is 10.1. The van der Waals surface area contributed by atoms with Crippen LogP contribution in [-0.2, 0) is 30.8 Å². The Balaban J connectivity index is 0.000000166. The molecule has 0 unspecified atom stereocenters. The third-order valence-corrected chi connectivity index (χ3v) is 4.61. The summed E-state index contributed by atoms with van der Waals surface area (Å²) < 4.78 is 5.61. The van der Waals surface area contributed by atoms with E-state index in [0.717, 1.165) is 12.8 Å². The van der Waals surface area contributed by atoms with Gasteiger partial charge in [-0.1, -0.05) is 121 Å². The number of benzene rings is 4. The lowest BCUT2D eigenvalue weighted by atomic mass is 10.0.